The van der Waals surface area contributed by atoms with Crippen LogP contribution in [0.5, 0.6) is 0 Å². The van der Waals surface area contributed by atoms with Crippen LogP contribution in [0.15, 0.2) is 30.3 Å². The standard InChI is InChI=1S/C16H15NO2/c1-3-8-17-10(2)9-13-14(17)16(19)12-7-5-4-6-11(12)15(13)18/h4-7,9H,3,8H2,1-2H3. The van der Waals surface area contributed by atoms with Gasteiger partial charge in [0, 0.05) is 23.4 Å². The second-order valence-corrected chi connectivity index (χ2v) is 4.90. The lowest BCUT2D eigenvalue weighted by atomic mass is 9.88. The summed E-state index contributed by atoms with van der Waals surface area (Å²) in [5.41, 5.74) is 3.13. The largest absolute Gasteiger partial charge is 0.342 e. The van der Waals surface area contributed by atoms with E-state index in [1.54, 1.807) is 24.3 Å². The molecule has 19 heavy (non-hydrogen) atoms. The third-order valence-corrected chi connectivity index (χ3v) is 3.63. The van der Waals surface area contributed by atoms with Crippen molar-refractivity contribution in [1.29, 1.82) is 0 Å². The molecule has 0 aliphatic heterocycles. The molecule has 0 amide bonds. The van der Waals surface area contributed by atoms with Crippen LogP contribution in [0.2, 0.25) is 0 Å². The van der Waals surface area contributed by atoms with Crippen molar-refractivity contribution >= 4 is 11.6 Å². The van der Waals surface area contributed by atoms with Crippen LogP contribution in [0.25, 0.3) is 0 Å². The molecule has 0 fully saturated rings. The minimum absolute atomic E-state index is 0.0354. The molecule has 1 aromatic heterocycles. The van der Waals surface area contributed by atoms with E-state index in [0.717, 1.165) is 18.7 Å². The molecule has 1 heterocycles. The van der Waals surface area contributed by atoms with Gasteiger partial charge in [-0.3, -0.25) is 9.59 Å². The van der Waals surface area contributed by atoms with Gasteiger partial charge in [0.1, 0.15) is 5.69 Å². The number of carbonyl (C=O) groups is 2. The second-order valence-electron chi connectivity index (χ2n) is 4.90. The summed E-state index contributed by atoms with van der Waals surface area (Å²) >= 11 is 0. The quantitative estimate of drug-likeness (QED) is 0.704. The lowest BCUT2D eigenvalue weighted by Crippen LogP contribution is -2.23. The Kier molecular flexibility index (Phi) is 2.63. The molecule has 0 radical (unpaired) electrons. The van der Waals surface area contributed by atoms with Crippen molar-refractivity contribution in [3.63, 3.8) is 0 Å². The smallest absolute Gasteiger partial charge is 0.210 e. The Hall–Kier alpha value is -2.16. The van der Waals surface area contributed by atoms with Crippen LogP contribution in [0.3, 0.4) is 0 Å². The maximum absolute atomic E-state index is 12.6. The third-order valence-electron chi connectivity index (χ3n) is 3.63. The van der Waals surface area contributed by atoms with Gasteiger partial charge < -0.3 is 4.57 Å². The number of hydrogen-bond donors (Lipinski definition) is 0. The summed E-state index contributed by atoms with van der Waals surface area (Å²) < 4.78 is 1.96. The van der Waals surface area contributed by atoms with Crippen molar-refractivity contribution in [3.05, 3.63) is 58.4 Å². The van der Waals surface area contributed by atoms with Crippen LogP contribution in [-0.4, -0.2) is 16.1 Å². The number of aromatic nitrogens is 1. The van der Waals surface area contributed by atoms with Crippen molar-refractivity contribution in [2.45, 2.75) is 26.8 Å². The molecule has 0 saturated carbocycles. The van der Waals surface area contributed by atoms with E-state index >= 15 is 0 Å². The lowest BCUT2D eigenvalue weighted by molar-refractivity contribution is 0.0973. The highest BCUT2D eigenvalue weighted by Crippen LogP contribution is 2.29. The molecule has 1 aliphatic carbocycles. The molecule has 0 spiro atoms. The van der Waals surface area contributed by atoms with Crippen LogP contribution < -0.4 is 0 Å². The summed E-state index contributed by atoms with van der Waals surface area (Å²) in [6.07, 6.45) is 0.936. The van der Waals surface area contributed by atoms with Gasteiger partial charge in [0.2, 0.25) is 5.78 Å². The first-order chi connectivity index (χ1) is 9.15. The average molecular weight is 253 g/mol. The maximum atomic E-state index is 12.6. The number of nitrogens with zero attached hydrogens (tertiary/aromatic N) is 1. The van der Waals surface area contributed by atoms with E-state index in [-0.39, 0.29) is 11.6 Å². The first-order valence-electron chi connectivity index (χ1n) is 6.53. The molecule has 0 saturated heterocycles. The van der Waals surface area contributed by atoms with Crippen LogP contribution >= 0.6 is 0 Å². The highest BCUT2D eigenvalue weighted by molar-refractivity contribution is 6.28. The van der Waals surface area contributed by atoms with Crippen LogP contribution in [0.1, 0.15) is 51.0 Å². The Balaban J connectivity index is 2.27. The Morgan fingerprint density at radius 3 is 2.26 bits per heavy atom. The number of ketones is 2. The maximum Gasteiger partial charge on any atom is 0.210 e. The summed E-state index contributed by atoms with van der Waals surface area (Å²) in [5.74, 6) is -0.0742. The van der Waals surface area contributed by atoms with E-state index in [2.05, 4.69) is 6.92 Å². The number of fused-ring (bicyclic) bond motifs is 2. The minimum Gasteiger partial charge on any atom is -0.342 e. The fraction of sp³-hybridized carbons (Fsp3) is 0.250. The van der Waals surface area contributed by atoms with Crippen molar-refractivity contribution in [1.82, 2.24) is 4.57 Å². The number of aryl methyl sites for hydroxylation is 1. The molecular formula is C16H15NO2. The molecule has 0 N–H and O–H groups in total. The fourth-order valence-corrected chi connectivity index (χ4v) is 2.76. The van der Waals surface area contributed by atoms with Crippen LogP contribution in [0.4, 0.5) is 0 Å². The first kappa shape index (κ1) is 11.9. The summed E-state index contributed by atoms with van der Waals surface area (Å²) in [7, 11) is 0. The highest BCUT2D eigenvalue weighted by atomic mass is 16.1. The summed E-state index contributed by atoms with van der Waals surface area (Å²) in [5, 5.41) is 0. The minimum atomic E-state index is -0.0387. The molecule has 3 nitrogen and oxygen atoms in total. The van der Waals surface area contributed by atoms with E-state index in [1.165, 1.54) is 0 Å². The number of rotatable bonds is 2. The molecule has 2 aromatic rings. The van der Waals surface area contributed by atoms with Gasteiger partial charge in [-0.25, -0.2) is 0 Å². The van der Waals surface area contributed by atoms with Gasteiger partial charge in [-0.1, -0.05) is 31.2 Å². The van der Waals surface area contributed by atoms with Gasteiger partial charge in [0.25, 0.3) is 0 Å². The van der Waals surface area contributed by atoms with Crippen LogP contribution in [0, 0.1) is 6.92 Å². The molecule has 0 atom stereocenters. The van der Waals surface area contributed by atoms with Gasteiger partial charge in [-0.05, 0) is 19.4 Å². The molecule has 3 heteroatoms. The van der Waals surface area contributed by atoms with E-state index in [4.69, 9.17) is 0 Å². The molecular weight excluding hydrogens is 238 g/mol. The fourth-order valence-electron chi connectivity index (χ4n) is 2.76. The van der Waals surface area contributed by atoms with Crippen molar-refractivity contribution in [2.75, 3.05) is 0 Å². The molecule has 0 unspecified atom stereocenters. The molecule has 1 aliphatic rings. The van der Waals surface area contributed by atoms with E-state index in [0.29, 0.717) is 22.4 Å². The Morgan fingerprint density at radius 2 is 1.63 bits per heavy atom. The number of carbonyl (C=O) groups excluding carboxylic acids is 2. The zero-order valence-corrected chi connectivity index (χ0v) is 11.1. The van der Waals surface area contributed by atoms with E-state index in [1.807, 2.05) is 17.6 Å². The van der Waals surface area contributed by atoms with Crippen molar-refractivity contribution in [3.8, 4) is 0 Å². The van der Waals surface area contributed by atoms with E-state index < -0.39 is 0 Å². The van der Waals surface area contributed by atoms with Gasteiger partial charge in [-0.15, -0.1) is 0 Å². The number of hydrogen-bond acceptors (Lipinski definition) is 2. The molecule has 96 valence electrons. The van der Waals surface area contributed by atoms with Crippen molar-refractivity contribution in [2.24, 2.45) is 0 Å². The Labute approximate surface area is 111 Å². The predicted molar refractivity (Wildman–Crippen MR) is 72.8 cm³/mol. The summed E-state index contributed by atoms with van der Waals surface area (Å²) in [6.45, 7) is 4.77. The summed E-state index contributed by atoms with van der Waals surface area (Å²) in [6, 6.07) is 8.89. The third kappa shape index (κ3) is 1.58. The van der Waals surface area contributed by atoms with Gasteiger partial charge in [0.05, 0.1) is 5.56 Å². The Morgan fingerprint density at radius 1 is 1.00 bits per heavy atom. The molecule has 0 bridgehead atoms. The molecule has 3 rings (SSSR count). The zero-order valence-electron chi connectivity index (χ0n) is 11.1. The highest BCUT2D eigenvalue weighted by Gasteiger charge is 2.32. The van der Waals surface area contributed by atoms with Gasteiger partial charge in [0.15, 0.2) is 5.78 Å². The van der Waals surface area contributed by atoms with Crippen molar-refractivity contribution < 1.29 is 9.59 Å². The SMILES string of the molecule is CCCn1c(C)cc2c1C(=O)c1ccccc1C2=O. The lowest BCUT2D eigenvalue weighted by Gasteiger charge is -2.17. The molecule has 1 aromatic carbocycles. The number of benzene rings is 1. The topological polar surface area (TPSA) is 39.1 Å². The van der Waals surface area contributed by atoms with Gasteiger partial charge >= 0.3 is 0 Å². The predicted octanol–water partition coefficient (Wildman–Crippen LogP) is 2.98. The van der Waals surface area contributed by atoms with Crippen LogP contribution in [-0.2, 0) is 6.54 Å². The normalized spacial score (nSPS) is 13.4. The van der Waals surface area contributed by atoms with Gasteiger partial charge in [-0.2, -0.15) is 0 Å². The average Bonchev–Trinajstić information content (AvgIpc) is 2.75. The van der Waals surface area contributed by atoms with E-state index in [9.17, 15) is 9.59 Å². The summed E-state index contributed by atoms with van der Waals surface area (Å²) in [4.78, 5) is 25.0. The monoisotopic (exact) mass is 253 g/mol. The second kappa shape index (κ2) is 4.19. The Bertz CT molecular complexity index is 695. The zero-order chi connectivity index (χ0) is 13.6. The first-order valence-corrected chi connectivity index (χ1v) is 6.53.